The molecule has 7 nitrogen and oxygen atoms in total. The molecular formula is C15H16N6OS. The summed E-state index contributed by atoms with van der Waals surface area (Å²) < 4.78 is 1.75. The van der Waals surface area contributed by atoms with E-state index in [0.717, 1.165) is 11.4 Å². The molecule has 0 saturated heterocycles. The third-order valence-corrected chi connectivity index (χ3v) is 4.05. The van der Waals surface area contributed by atoms with Crippen molar-refractivity contribution in [3.63, 3.8) is 0 Å². The predicted molar refractivity (Wildman–Crippen MR) is 87.2 cm³/mol. The summed E-state index contributed by atoms with van der Waals surface area (Å²) in [5.74, 6) is -0.100. The lowest BCUT2D eigenvalue weighted by Gasteiger charge is -2.01. The van der Waals surface area contributed by atoms with Crippen molar-refractivity contribution in [2.45, 2.75) is 26.3 Å². The number of rotatable bonds is 6. The van der Waals surface area contributed by atoms with Gasteiger partial charge in [-0.2, -0.15) is 0 Å². The lowest BCUT2D eigenvalue weighted by Crippen LogP contribution is -2.13. The maximum atomic E-state index is 11.9. The average molecular weight is 328 g/mol. The summed E-state index contributed by atoms with van der Waals surface area (Å²) in [6, 6.07) is 8.27. The largest absolute Gasteiger partial charge is 0.320 e. The lowest BCUT2D eigenvalue weighted by molar-refractivity contribution is -0.116. The normalized spacial score (nSPS) is 10.7. The Balaban J connectivity index is 1.53. The highest BCUT2D eigenvalue weighted by Crippen LogP contribution is 2.19. The first-order valence-electron chi connectivity index (χ1n) is 7.19. The fourth-order valence-electron chi connectivity index (χ4n) is 2.12. The maximum absolute atomic E-state index is 11.9. The monoisotopic (exact) mass is 328 g/mol. The first kappa shape index (κ1) is 15.3. The zero-order valence-electron chi connectivity index (χ0n) is 12.6. The molecule has 0 aliphatic heterocycles. The Morgan fingerprint density at radius 2 is 2.09 bits per heavy atom. The van der Waals surface area contributed by atoms with E-state index in [9.17, 15) is 4.79 Å². The number of aryl methyl sites for hydroxylation is 2. The van der Waals surface area contributed by atoms with Crippen LogP contribution in [0.2, 0.25) is 0 Å². The molecule has 0 spiro atoms. The average Bonchev–Trinajstić information content (AvgIpc) is 3.17. The van der Waals surface area contributed by atoms with Crippen LogP contribution >= 0.6 is 11.3 Å². The van der Waals surface area contributed by atoms with Crippen molar-refractivity contribution in [3.8, 4) is 0 Å². The minimum atomic E-state index is -0.100. The summed E-state index contributed by atoms with van der Waals surface area (Å²) >= 11 is 1.40. The summed E-state index contributed by atoms with van der Waals surface area (Å²) in [4.78, 5) is 11.9. The Hall–Kier alpha value is -2.61. The molecule has 2 heterocycles. The van der Waals surface area contributed by atoms with Crippen LogP contribution < -0.4 is 5.32 Å². The standard InChI is InChI=1S/C15H16N6OS/c1-11-3-2-4-12(7-11)8-14-19-20-15(23-14)18-13(22)5-6-21-9-16-17-10-21/h2-4,7,9-10H,5-6,8H2,1H3,(H,18,20,22). The van der Waals surface area contributed by atoms with Gasteiger partial charge in [0.15, 0.2) is 0 Å². The van der Waals surface area contributed by atoms with Crippen LogP contribution in [0.4, 0.5) is 5.13 Å². The highest BCUT2D eigenvalue weighted by atomic mass is 32.1. The number of anilines is 1. The van der Waals surface area contributed by atoms with Crippen molar-refractivity contribution in [1.29, 1.82) is 0 Å². The molecule has 23 heavy (non-hydrogen) atoms. The molecule has 0 radical (unpaired) electrons. The smallest absolute Gasteiger partial charge is 0.227 e. The highest BCUT2D eigenvalue weighted by molar-refractivity contribution is 7.15. The number of amides is 1. The van der Waals surface area contributed by atoms with E-state index in [1.165, 1.54) is 22.5 Å². The van der Waals surface area contributed by atoms with Crippen molar-refractivity contribution in [3.05, 3.63) is 53.1 Å². The Labute approximate surface area is 137 Å². The Morgan fingerprint density at radius 1 is 1.26 bits per heavy atom. The molecule has 0 bridgehead atoms. The zero-order valence-corrected chi connectivity index (χ0v) is 13.5. The summed E-state index contributed by atoms with van der Waals surface area (Å²) in [7, 11) is 0. The van der Waals surface area contributed by atoms with E-state index < -0.39 is 0 Å². The second kappa shape index (κ2) is 7.10. The molecule has 0 unspecified atom stereocenters. The van der Waals surface area contributed by atoms with Crippen LogP contribution in [-0.4, -0.2) is 30.9 Å². The number of carbonyl (C=O) groups excluding carboxylic acids is 1. The SMILES string of the molecule is Cc1cccc(Cc2nnc(NC(=O)CCn3cnnc3)s2)c1. The quantitative estimate of drug-likeness (QED) is 0.748. The van der Waals surface area contributed by atoms with Crippen LogP contribution in [0, 0.1) is 6.92 Å². The van der Waals surface area contributed by atoms with Crippen LogP contribution in [0.1, 0.15) is 22.6 Å². The molecule has 1 aromatic carbocycles. The molecule has 0 aliphatic carbocycles. The lowest BCUT2D eigenvalue weighted by atomic mass is 10.1. The van der Waals surface area contributed by atoms with Gasteiger partial charge in [0.25, 0.3) is 0 Å². The molecule has 0 atom stereocenters. The molecule has 0 saturated carbocycles. The predicted octanol–water partition coefficient (Wildman–Crippen LogP) is 2.06. The van der Waals surface area contributed by atoms with E-state index in [2.05, 4.69) is 50.8 Å². The van der Waals surface area contributed by atoms with Crippen molar-refractivity contribution in [1.82, 2.24) is 25.0 Å². The molecule has 1 N–H and O–H groups in total. The van der Waals surface area contributed by atoms with Gasteiger partial charge in [0.1, 0.15) is 17.7 Å². The van der Waals surface area contributed by atoms with Gasteiger partial charge < -0.3 is 9.88 Å². The molecule has 2 aromatic heterocycles. The molecule has 3 aromatic rings. The molecule has 0 aliphatic rings. The Morgan fingerprint density at radius 3 is 2.87 bits per heavy atom. The molecule has 1 amide bonds. The first-order valence-corrected chi connectivity index (χ1v) is 8.01. The summed E-state index contributed by atoms with van der Waals surface area (Å²) in [6.45, 7) is 2.60. The first-order chi connectivity index (χ1) is 11.2. The van der Waals surface area contributed by atoms with Gasteiger partial charge in [-0.25, -0.2) is 0 Å². The fourth-order valence-corrected chi connectivity index (χ4v) is 2.91. The van der Waals surface area contributed by atoms with Gasteiger partial charge in [0.2, 0.25) is 11.0 Å². The topological polar surface area (TPSA) is 85.6 Å². The van der Waals surface area contributed by atoms with Crippen LogP contribution in [0.25, 0.3) is 0 Å². The van der Waals surface area contributed by atoms with E-state index in [4.69, 9.17) is 0 Å². The number of benzene rings is 1. The van der Waals surface area contributed by atoms with Gasteiger partial charge in [-0.05, 0) is 12.5 Å². The molecule has 8 heteroatoms. The van der Waals surface area contributed by atoms with E-state index in [0.29, 0.717) is 18.1 Å². The van der Waals surface area contributed by atoms with Crippen LogP contribution in [0.3, 0.4) is 0 Å². The maximum Gasteiger partial charge on any atom is 0.227 e. The third kappa shape index (κ3) is 4.43. The number of hydrogen-bond acceptors (Lipinski definition) is 6. The number of nitrogens with zero attached hydrogens (tertiary/aromatic N) is 5. The van der Waals surface area contributed by atoms with Crippen molar-refractivity contribution in [2.75, 3.05) is 5.32 Å². The molecule has 118 valence electrons. The molecule has 0 fully saturated rings. The number of hydrogen-bond donors (Lipinski definition) is 1. The van der Waals surface area contributed by atoms with Gasteiger partial charge in [-0.15, -0.1) is 20.4 Å². The van der Waals surface area contributed by atoms with E-state index >= 15 is 0 Å². The summed E-state index contributed by atoms with van der Waals surface area (Å²) in [5, 5.41) is 19.7. The summed E-state index contributed by atoms with van der Waals surface area (Å²) in [5.41, 5.74) is 2.40. The second-order valence-electron chi connectivity index (χ2n) is 5.16. The van der Waals surface area contributed by atoms with Crippen molar-refractivity contribution in [2.24, 2.45) is 0 Å². The van der Waals surface area contributed by atoms with Gasteiger partial charge in [0.05, 0.1) is 0 Å². The minimum Gasteiger partial charge on any atom is -0.320 e. The minimum absolute atomic E-state index is 0.100. The van der Waals surface area contributed by atoms with Crippen LogP contribution in [0.15, 0.2) is 36.9 Å². The second-order valence-corrected chi connectivity index (χ2v) is 6.23. The zero-order chi connectivity index (χ0) is 16.1. The van der Waals surface area contributed by atoms with E-state index in [1.807, 2.05) is 6.07 Å². The fraction of sp³-hybridized carbons (Fsp3) is 0.267. The van der Waals surface area contributed by atoms with Crippen molar-refractivity contribution >= 4 is 22.4 Å². The summed E-state index contributed by atoms with van der Waals surface area (Å²) in [6.07, 6.45) is 4.22. The number of nitrogens with one attached hydrogen (secondary N) is 1. The van der Waals surface area contributed by atoms with Gasteiger partial charge >= 0.3 is 0 Å². The van der Waals surface area contributed by atoms with Gasteiger partial charge in [-0.3, -0.25) is 4.79 Å². The molecular weight excluding hydrogens is 312 g/mol. The number of carbonyl (C=O) groups is 1. The van der Waals surface area contributed by atoms with E-state index in [1.54, 1.807) is 17.2 Å². The third-order valence-electron chi connectivity index (χ3n) is 3.21. The van der Waals surface area contributed by atoms with Crippen LogP contribution in [-0.2, 0) is 17.8 Å². The van der Waals surface area contributed by atoms with Crippen LogP contribution in [0.5, 0.6) is 0 Å². The Kier molecular flexibility index (Phi) is 4.72. The van der Waals surface area contributed by atoms with Gasteiger partial charge in [0, 0.05) is 19.4 Å². The van der Waals surface area contributed by atoms with E-state index in [-0.39, 0.29) is 5.91 Å². The van der Waals surface area contributed by atoms with Crippen molar-refractivity contribution < 1.29 is 4.79 Å². The number of aromatic nitrogens is 5. The molecule has 3 rings (SSSR count). The highest BCUT2D eigenvalue weighted by Gasteiger charge is 2.09. The Bertz CT molecular complexity index is 783. The van der Waals surface area contributed by atoms with Gasteiger partial charge in [-0.1, -0.05) is 41.2 Å².